The van der Waals surface area contributed by atoms with E-state index in [1.807, 2.05) is 0 Å². The number of carboxylic acids is 1. The molecule has 106 valence electrons. The van der Waals surface area contributed by atoms with Crippen molar-refractivity contribution < 1.29 is 19.4 Å². The zero-order valence-corrected chi connectivity index (χ0v) is 11.2. The van der Waals surface area contributed by atoms with Crippen molar-refractivity contribution in [3.8, 4) is 0 Å². The normalized spacial score (nSPS) is 22.3. The molecule has 1 aromatic heterocycles. The minimum Gasteiger partial charge on any atom is -0.478 e. The number of aliphatic hydroxyl groups is 1. The molecule has 0 aliphatic carbocycles. The predicted octanol–water partition coefficient (Wildman–Crippen LogP) is 2.10. The maximum absolute atomic E-state index is 11.1. The minimum absolute atomic E-state index is 0.237. The largest absolute Gasteiger partial charge is 0.478 e. The van der Waals surface area contributed by atoms with Crippen molar-refractivity contribution in [3.63, 3.8) is 0 Å². The van der Waals surface area contributed by atoms with E-state index in [0.717, 1.165) is 32.2 Å². The van der Waals surface area contributed by atoms with E-state index in [-0.39, 0.29) is 11.7 Å². The highest BCUT2D eigenvalue weighted by Gasteiger charge is 2.26. The van der Waals surface area contributed by atoms with Crippen LogP contribution in [0, 0.1) is 0 Å². The van der Waals surface area contributed by atoms with Gasteiger partial charge in [0.1, 0.15) is 11.3 Å². The molecule has 2 N–H and O–H groups in total. The predicted molar refractivity (Wildman–Crippen MR) is 70.0 cm³/mol. The number of hydrogen-bond donors (Lipinski definition) is 2. The van der Waals surface area contributed by atoms with Crippen molar-refractivity contribution >= 4 is 5.97 Å². The molecule has 1 fully saturated rings. The lowest BCUT2D eigenvalue weighted by Gasteiger charge is -2.35. The first kappa shape index (κ1) is 14.1. The van der Waals surface area contributed by atoms with Crippen molar-refractivity contribution in [2.75, 3.05) is 6.54 Å². The Balaban J connectivity index is 2.06. The van der Waals surface area contributed by atoms with Crippen molar-refractivity contribution in [1.82, 2.24) is 4.90 Å². The van der Waals surface area contributed by atoms with Crippen LogP contribution in [0.1, 0.15) is 48.7 Å². The Bertz CT molecular complexity index is 427. The van der Waals surface area contributed by atoms with Gasteiger partial charge in [0.05, 0.1) is 18.9 Å². The lowest BCUT2D eigenvalue weighted by molar-refractivity contribution is 0.0667. The van der Waals surface area contributed by atoms with Crippen molar-refractivity contribution in [2.45, 2.75) is 51.3 Å². The second kappa shape index (κ2) is 6.21. The lowest BCUT2D eigenvalue weighted by Crippen LogP contribution is -2.40. The number of likely N-dealkylation sites (tertiary alicyclic amines) is 1. The van der Waals surface area contributed by atoms with Crippen LogP contribution in [0.25, 0.3) is 0 Å². The standard InChI is InChI=1S/C14H21NO4/c1-10(16)8-11-4-2-3-6-15(11)9-13-12(14(17)18)5-7-19-13/h5,7,10-11,16H,2-4,6,8-9H2,1H3,(H,17,18). The Morgan fingerprint density at radius 3 is 3.05 bits per heavy atom. The van der Waals surface area contributed by atoms with Gasteiger partial charge in [-0.15, -0.1) is 0 Å². The summed E-state index contributed by atoms with van der Waals surface area (Å²) in [6.45, 7) is 3.23. The summed E-state index contributed by atoms with van der Waals surface area (Å²) in [6, 6.07) is 1.80. The molecule has 1 aliphatic rings. The Morgan fingerprint density at radius 1 is 1.58 bits per heavy atom. The zero-order chi connectivity index (χ0) is 13.8. The second-order valence-corrected chi connectivity index (χ2v) is 5.27. The van der Waals surface area contributed by atoms with Crippen LogP contribution in [-0.4, -0.2) is 39.8 Å². The Kier molecular flexibility index (Phi) is 4.61. The number of aromatic carboxylic acids is 1. The number of piperidine rings is 1. The highest BCUT2D eigenvalue weighted by atomic mass is 16.4. The van der Waals surface area contributed by atoms with Crippen LogP contribution in [0.15, 0.2) is 16.7 Å². The summed E-state index contributed by atoms with van der Waals surface area (Å²) in [5.41, 5.74) is 0.237. The Hall–Kier alpha value is -1.33. The number of rotatable bonds is 5. The van der Waals surface area contributed by atoms with Crippen LogP contribution < -0.4 is 0 Å². The first-order valence-electron chi connectivity index (χ1n) is 6.79. The molecular formula is C14H21NO4. The number of aliphatic hydroxyl groups excluding tert-OH is 1. The number of furan rings is 1. The second-order valence-electron chi connectivity index (χ2n) is 5.27. The van der Waals surface area contributed by atoms with Crippen LogP contribution in [0.3, 0.4) is 0 Å². The van der Waals surface area contributed by atoms with E-state index < -0.39 is 5.97 Å². The molecular weight excluding hydrogens is 246 g/mol. The van der Waals surface area contributed by atoms with E-state index in [4.69, 9.17) is 9.52 Å². The van der Waals surface area contributed by atoms with Crippen molar-refractivity contribution in [3.05, 3.63) is 23.7 Å². The van der Waals surface area contributed by atoms with Crippen LogP contribution in [0.5, 0.6) is 0 Å². The monoisotopic (exact) mass is 267 g/mol. The topological polar surface area (TPSA) is 73.9 Å². The van der Waals surface area contributed by atoms with Gasteiger partial charge in [-0.2, -0.15) is 0 Å². The van der Waals surface area contributed by atoms with Crippen LogP contribution in [0.2, 0.25) is 0 Å². The third-order valence-electron chi connectivity index (χ3n) is 3.68. The first-order valence-corrected chi connectivity index (χ1v) is 6.79. The summed E-state index contributed by atoms with van der Waals surface area (Å²) in [5, 5.41) is 18.6. The van der Waals surface area contributed by atoms with Gasteiger partial charge in [-0.05, 0) is 38.8 Å². The summed E-state index contributed by atoms with van der Waals surface area (Å²) < 4.78 is 5.30. The third-order valence-corrected chi connectivity index (χ3v) is 3.68. The molecule has 19 heavy (non-hydrogen) atoms. The summed E-state index contributed by atoms with van der Waals surface area (Å²) in [5.74, 6) is -0.446. The van der Waals surface area contributed by atoms with Crippen LogP contribution in [-0.2, 0) is 6.54 Å². The van der Waals surface area contributed by atoms with Crippen LogP contribution >= 0.6 is 0 Å². The minimum atomic E-state index is -0.951. The molecule has 0 aromatic carbocycles. The molecule has 1 aliphatic heterocycles. The molecule has 5 nitrogen and oxygen atoms in total. The number of nitrogens with zero attached hydrogens (tertiary/aromatic N) is 1. The summed E-state index contributed by atoms with van der Waals surface area (Å²) in [4.78, 5) is 13.3. The number of hydrogen-bond acceptors (Lipinski definition) is 4. The van der Waals surface area contributed by atoms with Gasteiger partial charge < -0.3 is 14.6 Å². The quantitative estimate of drug-likeness (QED) is 0.854. The number of carbonyl (C=O) groups is 1. The average Bonchev–Trinajstić information content (AvgIpc) is 2.79. The lowest BCUT2D eigenvalue weighted by atomic mass is 9.97. The molecule has 2 rings (SSSR count). The molecule has 0 radical (unpaired) electrons. The maximum Gasteiger partial charge on any atom is 0.339 e. The highest BCUT2D eigenvalue weighted by molar-refractivity contribution is 5.88. The Morgan fingerprint density at radius 2 is 2.37 bits per heavy atom. The molecule has 5 heteroatoms. The molecule has 2 heterocycles. The first-order chi connectivity index (χ1) is 9.08. The molecule has 0 bridgehead atoms. The maximum atomic E-state index is 11.1. The van der Waals surface area contributed by atoms with Gasteiger partial charge in [-0.3, -0.25) is 4.90 Å². The van der Waals surface area contributed by atoms with Gasteiger partial charge >= 0.3 is 5.97 Å². The fourth-order valence-electron chi connectivity index (χ4n) is 2.77. The van der Waals surface area contributed by atoms with Gasteiger partial charge in [0.25, 0.3) is 0 Å². The van der Waals surface area contributed by atoms with Crippen molar-refractivity contribution in [2.24, 2.45) is 0 Å². The molecule has 1 aromatic rings. The molecule has 0 saturated carbocycles. The van der Waals surface area contributed by atoms with Gasteiger partial charge in [0.2, 0.25) is 0 Å². The van der Waals surface area contributed by atoms with Crippen molar-refractivity contribution in [1.29, 1.82) is 0 Å². The molecule has 1 saturated heterocycles. The molecule has 2 atom stereocenters. The number of carboxylic acid groups (broad SMARTS) is 1. The summed E-state index contributed by atoms with van der Waals surface area (Å²) in [6.07, 6.45) is 5.14. The zero-order valence-electron chi connectivity index (χ0n) is 11.2. The molecule has 2 unspecified atom stereocenters. The van der Waals surface area contributed by atoms with E-state index in [9.17, 15) is 9.90 Å². The summed E-state index contributed by atoms with van der Waals surface area (Å²) in [7, 11) is 0. The average molecular weight is 267 g/mol. The van der Waals surface area contributed by atoms with E-state index in [1.54, 1.807) is 6.92 Å². The van der Waals surface area contributed by atoms with Gasteiger partial charge in [0.15, 0.2) is 0 Å². The molecule has 0 amide bonds. The third kappa shape index (κ3) is 3.58. The fourth-order valence-corrected chi connectivity index (χ4v) is 2.77. The highest BCUT2D eigenvalue weighted by Crippen LogP contribution is 2.24. The van der Waals surface area contributed by atoms with E-state index >= 15 is 0 Å². The van der Waals surface area contributed by atoms with Gasteiger partial charge in [-0.25, -0.2) is 4.79 Å². The van der Waals surface area contributed by atoms with E-state index in [1.165, 1.54) is 12.3 Å². The van der Waals surface area contributed by atoms with Crippen LogP contribution in [0.4, 0.5) is 0 Å². The van der Waals surface area contributed by atoms with Gasteiger partial charge in [0, 0.05) is 6.04 Å². The van der Waals surface area contributed by atoms with E-state index in [2.05, 4.69) is 4.90 Å². The summed E-state index contributed by atoms with van der Waals surface area (Å²) >= 11 is 0. The van der Waals surface area contributed by atoms with E-state index in [0.29, 0.717) is 18.3 Å². The Labute approximate surface area is 112 Å². The smallest absolute Gasteiger partial charge is 0.339 e. The van der Waals surface area contributed by atoms with Gasteiger partial charge in [-0.1, -0.05) is 6.42 Å². The molecule has 0 spiro atoms. The SMILES string of the molecule is CC(O)CC1CCCCN1Cc1occc1C(=O)O. The fraction of sp³-hybridized carbons (Fsp3) is 0.643.